The van der Waals surface area contributed by atoms with E-state index in [9.17, 15) is 28.8 Å². The molecule has 0 aliphatic heterocycles. The third-order valence-electron chi connectivity index (χ3n) is 19.5. The van der Waals surface area contributed by atoms with Crippen molar-refractivity contribution in [2.75, 3.05) is 39.6 Å². The molecule has 0 fully saturated rings. The lowest BCUT2D eigenvalue weighted by atomic mass is 9.85. The predicted molar refractivity (Wildman–Crippen MR) is 384 cm³/mol. The molecular formula is C83H108O15. The van der Waals surface area contributed by atoms with E-state index in [1.807, 2.05) is 89.2 Å². The van der Waals surface area contributed by atoms with Gasteiger partial charge in [-0.2, -0.15) is 0 Å². The first-order chi connectivity index (χ1) is 46.4. The zero-order valence-electron chi connectivity index (χ0n) is 61.1. The number of hydrogen-bond acceptors (Lipinski definition) is 15. The minimum absolute atomic E-state index is 0.104. The van der Waals surface area contributed by atoms with Gasteiger partial charge in [-0.3, -0.25) is 28.8 Å². The molecule has 6 aromatic carbocycles. The normalized spacial score (nSPS) is 16.4. The van der Waals surface area contributed by atoms with Gasteiger partial charge in [0, 0.05) is 58.1 Å². The summed E-state index contributed by atoms with van der Waals surface area (Å²) in [5.74, 6) is 0.377. The van der Waals surface area contributed by atoms with Gasteiger partial charge in [-0.05, 0) is 181 Å². The largest absolute Gasteiger partial charge is 0.486 e. The summed E-state index contributed by atoms with van der Waals surface area (Å²) in [5.41, 5.74) is -3.15. The third kappa shape index (κ3) is 22.8. The second kappa shape index (κ2) is 36.0. The molecule has 15 heteroatoms. The summed E-state index contributed by atoms with van der Waals surface area (Å²) < 4.78 is 59.3. The van der Waals surface area contributed by atoms with E-state index in [2.05, 4.69) is 48.5 Å². The zero-order valence-corrected chi connectivity index (χ0v) is 61.1. The van der Waals surface area contributed by atoms with Crippen molar-refractivity contribution in [1.82, 2.24) is 0 Å². The monoisotopic (exact) mass is 1340 g/mol. The van der Waals surface area contributed by atoms with Gasteiger partial charge in [0.1, 0.15) is 53.9 Å². The van der Waals surface area contributed by atoms with E-state index >= 15 is 0 Å². The highest BCUT2D eigenvalue weighted by atomic mass is 16.6. The molecule has 0 aliphatic carbocycles. The summed E-state index contributed by atoms with van der Waals surface area (Å²) in [6, 6.07) is 47.5. The van der Waals surface area contributed by atoms with E-state index in [-0.39, 0.29) is 74.3 Å². The van der Waals surface area contributed by atoms with Crippen LogP contribution in [0.15, 0.2) is 164 Å². The molecule has 0 amide bonds. The minimum Gasteiger partial charge on any atom is -0.486 e. The van der Waals surface area contributed by atoms with E-state index in [1.54, 1.807) is 137 Å². The van der Waals surface area contributed by atoms with E-state index in [1.165, 1.54) is 0 Å². The fourth-order valence-corrected chi connectivity index (χ4v) is 11.7. The highest BCUT2D eigenvalue weighted by molar-refractivity contribution is 6.10. The van der Waals surface area contributed by atoms with Crippen molar-refractivity contribution in [2.45, 2.75) is 220 Å². The first-order valence-corrected chi connectivity index (χ1v) is 34.9. The van der Waals surface area contributed by atoms with Gasteiger partial charge in [0.2, 0.25) is 17.3 Å². The summed E-state index contributed by atoms with van der Waals surface area (Å²) in [6.07, 6.45) is 3.37. The molecule has 0 radical (unpaired) electrons. The zero-order chi connectivity index (χ0) is 72.0. The maximum Gasteiger partial charge on any atom is 0.201 e. The van der Waals surface area contributed by atoms with Crippen molar-refractivity contribution in [3.8, 4) is 17.2 Å². The molecule has 0 spiro atoms. The maximum absolute atomic E-state index is 14.0. The van der Waals surface area contributed by atoms with Crippen molar-refractivity contribution in [3.63, 3.8) is 0 Å². The molecule has 0 bridgehead atoms. The lowest BCUT2D eigenvalue weighted by molar-refractivity contribution is -0.191. The Labute approximate surface area is 583 Å². The predicted octanol–water partition coefficient (Wildman–Crippen LogP) is 17.1. The molecule has 0 saturated heterocycles. The number of ether oxygens (including phenoxy) is 9. The Morgan fingerprint density at radius 3 is 0.827 bits per heavy atom. The van der Waals surface area contributed by atoms with Gasteiger partial charge in [0.15, 0.2) is 17.3 Å². The molecule has 6 aromatic rings. The van der Waals surface area contributed by atoms with Crippen LogP contribution in [0.3, 0.4) is 0 Å². The number of Topliss-reactive ketones (excluding diaryl/α,β-unsaturated/α-hetero) is 3. The van der Waals surface area contributed by atoms with Crippen LogP contribution in [0.25, 0.3) is 0 Å². The molecule has 8 atom stereocenters. The van der Waals surface area contributed by atoms with Crippen LogP contribution in [0.2, 0.25) is 0 Å². The molecule has 0 aliphatic rings. The minimum atomic E-state index is -1.21. The van der Waals surface area contributed by atoms with E-state index in [4.69, 9.17) is 42.6 Å². The summed E-state index contributed by atoms with van der Waals surface area (Å²) >= 11 is 0. The fourth-order valence-electron chi connectivity index (χ4n) is 11.7. The van der Waals surface area contributed by atoms with Crippen LogP contribution < -0.4 is 14.2 Å². The molecule has 530 valence electrons. The van der Waals surface area contributed by atoms with Gasteiger partial charge in [-0.15, -0.1) is 0 Å². The Bertz CT molecular complexity index is 3350. The molecule has 0 saturated carbocycles. The third-order valence-corrected chi connectivity index (χ3v) is 19.5. The quantitative estimate of drug-likeness (QED) is 0.0329. The Morgan fingerprint density at radius 2 is 0.571 bits per heavy atom. The number of rotatable bonds is 45. The summed E-state index contributed by atoms with van der Waals surface area (Å²) in [7, 11) is 0. The van der Waals surface area contributed by atoms with Crippen LogP contribution in [0.5, 0.6) is 17.2 Å². The molecule has 0 aromatic heterocycles. The van der Waals surface area contributed by atoms with Crippen molar-refractivity contribution in [1.29, 1.82) is 0 Å². The Hall–Kier alpha value is -7.50. The highest BCUT2D eigenvalue weighted by Crippen LogP contribution is 2.38. The smallest absolute Gasteiger partial charge is 0.201 e. The SMILES string of the molecule is CCC(COC(C)(CC)CC(C)OC(C)(C)C(=O)COc1ccc(C(=O)c2ccccc2)cc1)(COC(C)(CC)CC(C)OC(C)(CC)C(=O)COc1ccc(C(=O)c2ccccc2)cc1)COC(C)(CC)CC(C)OC(C)(CC)C(=O)COc1ccc(C(=O)c2ccccc2)cc1. The topological polar surface area (TPSA) is 185 Å². The van der Waals surface area contributed by atoms with Crippen molar-refractivity contribution in [2.24, 2.45) is 5.41 Å². The van der Waals surface area contributed by atoms with E-state index in [0.29, 0.717) is 108 Å². The second-order valence-electron chi connectivity index (χ2n) is 28.0. The van der Waals surface area contributed by atoms with E-state index in [0.717, 1.165) is 0 Å². The van der Waals surface area contributed by atoms with Crippen LogP contribution in [0.1, 0.15) is 216 Å². The van der Waals surface area contributed by atoms with E-state index < -0.39 is 57.3 Å². The molecule has 6 rings (SSSR count). The first kappa shape index (κ1) is 79.5. The van der Waals surface area contributed by atoms with Gasteiger partial charge >= 0.3 is 0 Å². The number of carbonyl (C=O) groups excluding carboxylic acids is 6. The lowest BCUT2D eigenvalue weighted by Gasteiger charge is -2.43. The lowest BCUT2D eigenvalue weighted by Crippen LogP contribution is -2.48. The van der Waals surface area contributed by atoms with Crippen molar-refractivity contribution in [3.05, 3.63) is 197 Å². The standard InChI is InChI=1S/C83H108O15/c1-17-78(12,50-59(7)96-77(10,11)71(84)53-90-68-44-38-65(39-45-68)74(87)62-32-26-23-27-33-62)93-56-83(22-6,57-94-79(13,18-2)51-60(8)97-81(15,20-4)72(85)54-91-69-46-40-66(41-47-69)75(88)63-34-28-24-29-35-63)58-95-80(14,19-3)52-61(9)98-82(16,21-5)73(86)55-92-70-48-42-67(43-49-70)76(89)64-36-30-25-31-37-64/h23-49,59-61H,17-22,50-58H2,1-16H3. The maximum atomic E-state index is 14.0. The highest BCUT2D eigenvalue weighted by Gasteiger charge is 2.43. The van der Waals surface area contributed by atoms with Crippen molar-refractivity contribution < 1.29 is 71.4 Å². The molecule has 98 heavy (non-hydrogen) atoms. The van der Waals surface area contributed by atoms with Crippen LogP contribution in [0, 0.1) is 5.41 Å². The van der Waals surface area contributed by atoms with Crippen LogP contribution in [-0.2, 0) is 42.8 Å². The summed E-state index contributed by atoms with van der Waals surface area (Å²) in [4.78, 5) is 80.9. The summed E-state index contributed by atoms with van der Waals surface area (Å²) in [5, 5.41) is 0. The van der Waals surface area contributed by atoms with Gasteiger partial charge in [0.25, 0.3) is 0 Å². The number of hydrogen-bond donors (Lipinski definition) is 0. The molecular weight excluding hydrogens is 1240 g/mol. The Morgan fingerprint density at radius 1 is 0.316 bits per heavy atom. The number of benzene rings is 6. The summed E-state index contributed by atoms with van der Waals surface area (Å²) in [6.45, 7) is 31.4. The fraction of sp³-hybridized carbons (Fsp3) is 0.494. The average molecular weight is 1350 g/mol. The molecule has 0 heterocycles. The molecule has 0 N–H and O–H groups in total. The number of carbonyl (C=O) groups is 6. The Balaban J connectivity index is 1.13. The second-order valence-corrected chi connectivity index (χ2v) is 28.0. The average Bonchev–Trinajstić information content (AvgIpc) is 0.805. The van der Waals surface area contributed by atoms with Crippen LogP contribution >= 0.6 is 0 Å². The van der Waals surface area contributed by atoms with Gasteiger partial charge in [-0.25, -0.2) is 0 Å². The van der Waals surface area contributed by atoms with Crippen molar-refractivity contribution >= 4 is 34.7 Å². The number of ketones is 6. The van der Waals surface area contributed by atoms with Crippen LogP contribution in [-0.4, -0.2) is 126 Å². The molecule has 15 nitrogen and oxygen atoms in total. The Kier molecular flexibility index (Phi) is 29.2. The van der Waals surface area contributed by atoms with Gasteiger partial charge in [0.05, 0.1) is 54.9 Å². The molecule has 8 unspecified atom stereocenters. The van der Waals surface area contributed by atoms with Gasteiger partial charge < -0.3 is 42.6 Å². The first-order valence-electron chi connectivity index (χ1n) is 34.9. The van der Waals surface area contributed by atoms with Crippen LogP contribution in [0.4, 0.5) is 0 Å². The van der Waals surface area contributed by atoms with Gasteiger partial charge in [-0.1, -0.05) is 133 Å².